The first-order chi connectivity index (χ1) is 15.9. The van der Waals surface area contributed by atoms with Gasteiger partial charge in [0.1, 0.15) is 5.41 Å². The number of carbonyl (C=O) groups is 2. The Morgan fingerprint density at radius 2 is 1.52 bits per heavy atom. The molecule has 3 atom stereocenters. The largest absolute Gasteiger partial charge is 0.314 e. The Kier molecular flexibility index (Phi) is 4.07. The van der Waals surface area contributed by atoms with Gasteiger partial charge in [-0.25, -0.2) is 8.78 Å². The third kappa shape index (κ3) is 2.32. The molecule has 1 aliphatic heterocycles. The lowest BCUT2D eigenvalue weighted by Gasteiger charge is -2.46. The van der Waals surface area contributed by atoms with E-state index in [1.54, 1.807) is 42.3 Å². The fourth-order valence-electron chi connectivity index (χ4n) is 6.27. The molecule has 0 bridgehead atoms. The van der Waals surface area contributed by atoms with E-state index in [1.807, 2.05) is 54.6 Å². The highest BCUT2D eigenvalue weighted by Gasteiger charge is 2.67. The number of halogens is 2. The molecular weight excluding hydrogens is 420 g/mol. The molecule has 3 aliphatic rings. The van der Waals surface area contributed by atoms with Crippen molar-refractivity contribution in [3.05, 3.63) is 107 Å². The fraction of sp³-hybridized carbons (Fsp3) is 0.214. The number of anilines is 1. The zero-order chi connectivity index (χ0) is 23.0. The van der Waals surface area contributed by atoms with Crippen LogP contribution in [0.3, 0.4) is 0 Å². The predicted molar refractivity (Wildman–Crippen MR) is 123 cm³/mol. The average molecular weight is 441 g/mol. The summed E-state index contributed by atoms with van der Waals surface area (Å²) in [6, 6.07) is 23.7. The Balaban J connectivity index is 1.72. The van der Waals surface area contributed by atoms with Crippen molar-refractivity contribution in [1.82, 2.24) is 0 Å². The Morgan fingerprint density at radius 3 is 2.24 bits per heavy atom. The lowest BCUT2D eigenvalue weighted by atomic mass is 9.54. The number of nitrogens with zero attached hydrogens (tertiary/aromatic N) is 1. The average Bonchev–Trinajstić information content (AvgIpc) is 3.22. The summed E-state index contributed by atoms with van der Waals surface area (Å²) in [5, 5.41) is 0. The number of likely N-dealkylation sites (N-methyl/N-ethyl adjacent to an activating group) is 1. The van der Waals surface area contributed by atoms with Crippen molar-refractivity contribution >= 4 is 23.0 Å². The number of Topliss-reactive ketones (excluding diaryl/α,β-unsaturated/α-hetero) is 1. The minimum absolute atomic E-state index is 0.253. The molecule has 1 spiro atoms. The van der Waals surface area contributed by atoms with E-state index < -0.39 is 29.0 Å². The highest BCUT2D eigenvalue weighted by atomic mass is 19.3. The van der Waals surface area contributed by atoms with Gasteiger partial charge < -0.3 is 4.90 Å². The van der Waals surface area contributed by atoms with E-state index in [4.69, 9.17) is 0 Å². The van der Waals surface area contributed by atoms with Crippen LogP contribution in [0.15, 0.2) is 84.9 Å². The van der Waals surface area contributed by atoms with Gasteiger partial charge in [0.2, 0.25) is 5.91 Å². The number of fused-ring (bicyclic) bond motifs is 5. The van der Waals surface area contributed by atoms with Gasteiger partial charge in [-0.3, -0.25) is 9.59 Å². The normalized spacial score (nSPS) is 27.6. The number of carbonyl (C=O) groups excluding carboxylic acids is 2. The lowest BCUT2D eigenvalue weighted by molar-refractivity contribution is -0.125. The molecule has 0 N–H and O–H groups in total. The van der Waals surface area contributed by atoms with Crippen molar-refractivity contribution in [2.45, 2.75) is 24.2 Å². The molecule has 0 radical (unpaired) electrons. The topological polar surface area (TPSA) is 37.4 Å². The Hall–Kier alpha value is -3.60. The standard InChI is InChI=1S/C28H21F2NO2/c1-31-23-14-8-7-13-20(23)27(26(31)33)16-28(25(29)30)22(15-21(27)17-9-3-2-4-10-17)18-11-5-6-12-19(18)24(28)32/h2-15,21,25H,16H2,1H3/t21-,27+,28-/m1/s1. The molecule has 164 valence electrons. The summed E-state index contributed by atoms with van der Waals surface area (Å²) in [6.45, 7) is 0. The smallest absolute Gasteiger partial charge is 0.255 e. The first kappa shape index (κ1) is 20.0. The number of hydrogen-bond acceptors (Lipinski definition) is 2. The second kappa shape index (κ2) is 6.70. The van der Waals surface area contributed by atoms with Crippen LogP contribution in [0, 0.1) is 5.41 Å². The fourth-order valence-corrected chi connectivity index (χ4v) is 6.27. The van der Waals surface area contributed by atoms with Crippen molar-refractivity contribution in [2.75, 3.05) is 11.9 Å². The molecule has 0 aromatic heterocycles. The number of allylic oxidation sites excluding steroid dienone is 2. The second-order valence-corrected chi connectivity index (χ2v) is 9.14. The molecule has 3 nitrogen and oxygen atoms in total. The molecule has 5 heteroatoms. The molecule has 1 heterocycles. The van der Waals surface area contributed by atoms with Gasteiger partial charge in [-0.1, -0.05) is 78.9 Å². The first-order valence-electron chi connectivity index (χ1n) is 11.0. The summed E-state index contributed by atoms with van der Waals surface area (Å²) in [7, 11) is 1.68. The number of para-hydroxylation sites is 1. The van der Waals surface area contributed by atoms with Gasteiger partial charge in [0.05, 0.1) is 5.41 Å². The predicted octanol–water partition coefficient (Wildman–Crippen LogP) is 5.62. The maximum atomic E-state index is 15.1. The molecule has 1 amide bonds. The molecular formula is C28H21F2NO2. The number of benzene rings is 3. The van der Waals surface area contributed by atoms with Gasteiger partial charge in [0, 0.05) is 24.2 Å². The molecule has 0 unspecified atom stereocenters. The lowest BCUT2D eigenvalue weighted by Crippen LogP contribution is -2.52. The van der Waals surface area contributed by atoms with E-state index in [1.165, 1.54) is 0 Å². The highest BCUT2D eigenvalue weighted by Crippen LogP contribution is 2.65. The van der Waals surface area contributed by atoms with Crippen LogP contribution in [0.5, 0.6) is 0 Å². The number of rotatable bonds is 2. The van der Waals surface area contributed by atoms with E-state index >= 15 is 8.78 Å². The third-order valence-electron chi connectivity index (χ3n) is 7.73. The maximum Gasteiger partial charge on any atom is 0.255 e. The van der Waals surface area contributed by atoms with Crippen LogP contribution in [-0.4, -0.2) is 25.2 Å². The molecule has 3 aromatic rings. The maximum absolute atomic E-state index is 15.1. The zero-order valence-corrected chi connectivity index (χ0v) is 18.0. The van der Waals surface area contributed by atoms with Crippen molar-refractivity contribution in [3.8, 4) is 0 Å². The summed E-state index contributed by atoms with van der Waals surface area (Å²) >= 11 is 0. The minimum Gasteiger partial charge on any atom is -0.314 e. The van der Waals surface area contributed by atoms with Crippen LogP contribution in [0.1, 0.15) is 39.4 Å². The number of ketones is 1. The Morgan fingerprint density at radius 1 is 0.879 bits per heavy atom. The number of hydrogen-bond donors (Lipinski definition) is 0. The summed E-state index contributed by atoms with van der Waals surface area (Å²) in [5.41, 5.74) is 0.108. The van der Waals surface area contributed by atoms with Crippen molar-refractivity contribution < 1.29 is 18.4 Å². The summed E-state index contributed by atoms with van der Waals surface area (Å²) in [4.78, 5) is 29.2. The quantitative estimate of drug-likeness (QED) is 0.518. The van der Waals surface area contributed by atoms with Crippen LogP contribution in [0.2, 0.25) is 0 Å². The van der Waals surface area contributed by atoms with Crippen LogP contribution in [-0.2, 0) is 10.2 Å². The number of amides is 1. The van der Waals surface area contributed by atoms with E-state index in [0.29, 0.717) is 28.0 Å². The van der Waals surface area contributed by atoms with E-state index in [-0.39, 0.29) is 12.3 Å². The van der Waals surface area contributed by atoms with E-state index in [2.05, 4.69) is 0 Å². The van der Waals surface area contributed by atoms with Crippen LogP contribution in [0.4, 0.5) is 14.5 Å². The Labute approximate surface area is 190 Å². The summed E-state index contributed by atoms with van der Waals surface area (Å²) in [6.07, 6.45) is -1.43. The first-order valence-corrected chi connectivity index (χ1v) is 11.0. The van der Waals surface area contributed by atoms with Gasteiger partial charge in [-0.05, 0) is 34.8 Å². The summed E-state index contributed by atoms with van der Waals surface area (Å²) < 4.78 is 30.1. The van der Waals surface area contributed by atoms with Gasteiger partial charge >= 0.3 is 0 Å². The molecule has 0 saturated heterocycles. The van der Waals surface area contributed by atoms with Crippen LogP contribution >= 0.6 is 0 Å². The van der Waals surface area contributed by atoms with Crippen LogP contribution < -0.4 is 4.90 Å². The Bertz CT molecular complexity index is 1350. The molecule has 6 rings (SSSR count). The number of alkyl halides is 2. The molecule has 3 aromatic carbocycles. The second-order valence-electron chi connectivity index (χ2n) is 9.14. The van der Waals surface area contributed by atoms with Gasteiger partial charge in [0.25, 0.3) is 6.43 Å². The van der Waals surface area contributed by atoms with Gasteiger partial charge in [-0.2, -0.15) is 0 Å². The molecule has 2 aliphatic carbocycles. The van der Waals surface area contributed by atoms with Gasteiger partial charge in [-0.15, -0.1) is 0 Å². The van der Waals surface area contributed by atoms with Crippen molar-refractivity contribution in [2.24, 2.45) is 5.41 Å². The SMILES string of the molecule is CN1C(=O)[C@@]2(C[C@]3(C(F)F)C(=O)c4ccccc4C3=C[C@@H]2c2ccccc2)c2ccccc21. The molecule has 0 saturated carbocycles. The molecule has 0 fully saturated rings. The van der Waals surface area contributed by atoms with Gasteiger partial charge in [0.15, 0.2) is 5.78 Å². The van der Waals surface area contributed by atoms with Crippen LogP contribution in [0.25, 0.3) is 5.57 Å². The zero-order valence-electron chi connectivity index (χ0n) is 18.0. The summed E-state index contributed by atoms with van der Waals surface area (Å²) in [5.74, 6) is -1.33. The highest BCUT2D eigenvalue weighted by molar-refractivity contribution is 6.20. The molecule has 33 heavy (non-hydrogen) atoms. The monoisotopic (exact) mass is 441 g/mol. The van der Waals surface area contributed by atoms with E-state index in [9.17, 15) is 9.59 Å². The van der Waals surface area contributed by atoms with Crippen molar-refractivity contribution in [1.29, 1.82) is 0 Å². The third-order valence-corrected chi connectivity index (χ3v) is 7.73. The van der Waals surface area contributed by atoms with E-state index in [0.717, 1.165) is 5.56 Å². The van der Waals surface area contributed by atoms with Crippen molar-refractivity contribution in [3.63, 3.8) is 0 Å². The minimum atomic E-state index is -2.94.